The molecule has 1 atom stereocenters. The zero-order valence-electron chi connectivity index (χ0n) is 12.3. The smallest absolute Gasteiger partial charge is 0.146 e. The molecule has 0 aliphatic heterocycles. The van der Waals surface area contributed by atoms with Gasteiger partial charge in [0.25, 0.3) is 0 Å². The van der Waals surface area contributed by atoms with E-state index in [1.54, 1.807) is 0 Å². The van der Waals surface area contributed by atoms with Gasteiger partial charge in [0.05, 0.1) is 5.69 Å². The second-order valence-electron chi connectivity index (χ2n) is 6.70. The van der Waals surface area contributed by atoms with E-state index in [1.165, 1.54) is 31.4 Å². The topological polar surface area (TPSA) is 43.8 Å². The molecular weight excluding hydrogens is 246 g/mol. The first kappa shape index (κ1) is 13.2. The molecule has 20 heavy (non-hydrogen) atoms. The van der Waals surface area contributed by atoms with Crippen molar-refractivity contribution >= 4 is 5.82 Å². The van der Waals surface area contributed by atoms with Crippen molar-refractivity contribution in [3.63, 3.8) is 0 Å². The van der Waals surface area contributed by atoms with Crippen LogP contribution in [-0.4, -0.2) is 9.78 Å². The van der Waals surface area contributed by atoms with Crippen LogP contribution in [0.1, 0.15) is 51.1 Å². The third kappa shape index (κ3) is 2.58. The van der Waals surface area contributed by atoms with Crippen molar-refractivity contribution in [2.24, 2.45) is 5.41 Å². The summed E-state index contributed by atoms with van der Waals surface area (Å²) in [7, 11) is 0. The number of hydrogen-bond acceptors (Lipinski definition) is 2. The van der Waals surface area contributed by atoms with Crippen molar-refractivity contribution in [3.05, 3.63) is 42.1 Å². The lowest BCUT2D eigenvalue weighted by molar-refractivity contribution is 0.216. The van der Waals surface area contributed by atoms with Gasteiger partial charge in [-0.3, -0.25) is 0 Å². The summed E-state index contributed by atoms with van der Waals surface area (Å²) in [6, 6.07) is 12.3. The normalized spacial score (nSPS) is 21.8. The molecule has 0 amide bonds. The molecule has 2 N–H and O–H groups in total. The maximum absolute atomic E-state index is 5.96. The third-order valence-corrected chi connectivity index (χ3v) is 4.38. The molecule has 3 nitrogen and oxygen atoms in total. The van der Waals surface area contributed by atoms with E-state index in [9.17, 15) is 0 Å². The maximum atomic E-state index is 5.96. The Morgan fingerprint density at radius 3 is 2.70 bits per heavy atom. The molecule has 2 aromatic rings. The Balaban J connectivity index is 1.98. The Morgan fingerprint density at radius 2 is 2.00 bits per heavy atom. The van der Waals surface area contributed by atoms with Gasteiger partial charge < -0.3 is 5.73 Å². The van der Waals surface area contributed by atoms with E-state index < -0.39 is 0 Å². The monoisotopic (exact) mass is 269 g/mol. The Kier molecular flexibility index (Phi) is 3.28. The van der Waals surface area contributed by atoms with Crippen LogP contribution >= 0.6 is 0 Å². The second-order valence-corrected chi connectivity index (χ2v) is 6.70. The van der Waals surface area contributed by atoms with Crippen LogP contribution in [0.4, 0.5) is 5.82 Å². The number of nitrogen functional groups attached to an aromatic ring is 1. The van der Waals surface area contributed by atoms with Gasteiger partial charge in [0.15, 0.2) is 0 Å². The first-order valence-corrected chi connectivity index (χ1v) is 7.46. The van der Waals surface area contributed by atoms with Crippen molar-refractivity contribution in [2.45, 2.75) is 45.4 Å². The Hall–Kier alpha value is -1.77. The molecule has 1 fully saturated rings. The van der Waals surface area contributed by atoms with Gasteiger partial charge in [0.1, 0.15) is 5.82 Å². The molecule has 1 saturated carbocycles. The van der Waals surface area contributed by atoms with Crippen molar-refractivity contribution < 1.29 is 0 Å². The minimum atomic E-state index is 0.420. The zero-order chi connectivity index (χ0) is 14.2. The molecule has 1 aromatic heterocycles. The highest BCUT2D eigenvalue weighted by Gasteiger charge is 2.31. The molecule has 106 valence electrons. The van der Waals surface area contributed by atoms with Crippen molar-refractivity contribution in [3.8, 4) is 5.69 Å². The Labute approximate surface area is 120 Å². The summed E-state index contributed by atoms with van der Waals surface area (Å²) >= 11 is 0. The Morgan fingerprint density at radius 1 is 1.25 bits per heavy atom. The summed E-state index contributed by atoms with van der Waals surface area (Å²) in [5, 5.41) is 4.50. The van der Waals surface area contributed by atoms with Crippen molar-refractivity contribution in [2.75, 3.05) is 5.73 Å². The van der Waals surface area contributed by atoms with Crippen molar-refractivity contribution in [1.82, 2.24) is 9.78 Å². The SMILES string of the molecule is CC1(C)CCCC(c2cc(N)nn2-c2ccccc2)C1. The minimum absolute atomic E-state index is 0.420. The molecule has 0 spiro atoms. The molecule has 3 rings (SSSR count). The third-order valence-electron chi connectivity index (χ3n) is 4.38. The molecule has 1 aromatic carbocycles. The van der Waals surface area contributed by atoms with Gasteiger partial charge in [-0.1, -0.05) is 38.5 Å². The highest BCUT2D eigenvalue weighted by Crippen LogP contribution is 2.43. The predicted octanol–water partition coefficient (Wildman–Crippen LogP) is 4.14. The molecule has 1 aliphatic carbocycles. The predicted molar refractivity (Wildman–Crippen MR) is 83.0 cm³/mol. The summed E-state index contributed by atoms with van der Waals surface area (Å²) in [5.74, 6) is 1.18. The van der Waals surface area contributed by atoms with Crippen LogP contribution in [0.5, 0.6) is 0 Å². The highest BCUT2D eigenvalue weighted by atomic mass is 15.3. The van der Waals surface area contributed by atoms with E-state index in [0.29, 0.717) is 17.2 Å². The molecule has 1 heterocycles. The summed E-state index contributed by atoms with van der Waals surface area (Å²) in [5.41, 5.74) is 8.74. The highest BCUT2D eigenvalue weighted by molar-refractivity contribution is 5.40. The van der Waals surface area contributed by atoms with Crippen LogP contribution < -0.4 is 5.73 Å². The first-order valence-electron chi connectivity index (χ1n) is 7.46. The minimum Gasteiger partial charge on any atom is -0.382 e. The van der Waals surface area contributed by atoms with E-state index in [2.05, 4.69) is 37.1 Å². The number of anilines is 1. The average Bonchev–Trinajstić information content (AvgIpc) is 2.81. The lowest BCUT2D eigenvalue weighted by Gasteiger charge is -2.35. The van der Waals surface area contributed by atoms with Gasteiger partial charge in [0, 0.05) is 17.7 Å². The molecule has 0 saturated heterocycles. The molecule has 3 heteroatoms. The number of para-hydroxylation sites is 1. The van der Waals surface area contributed by atoms with Gasteiger partial charge in [-0.05, 0) is 36.8 Å². The number of rotatable bonds is 2. The van der Waals surface area contributed by atoms with E-state index in [0.717, 1.165) is 5.69 Å². The summed E-state index contributed by atoms with van der Waals surface area (Å²) in [6.07, 6.45) is 5.06. The molecule has 1 aliphatic rings. The number of aromatic nitrogens is 2. The fourth-order valence-corrected chi connectivity index (χ4v) is 3.43. The van der Waals surface area contributed by atoms with Crippen LogP contribution in [0.3, 0.4) is 0 Å². The maximum Gasteiger partial charge on any atom is 0.146 e. The standard InChI is InChI=1S/C17H23N3/c1-17(2)10-6-7-13(12-17)15-11-16(18)19-20(15)14-8-4-3-5-9-14/h3-5,8-9,11,13H,6-7,10,12H2,1-2H3,(H2,18,19). The Bertz CT molecular complexity index is 584. The lowest BCUT2D eigenvalue weighted by Crippen LogP contribution is -2.23. The summed E-state index contributed by atoms with van der Waals surface area (Å²) < 4.78 is 2.03. The van der Waals surface area contributed by atoms with Gasteiger partial charge >= 0.3 is 0 Å². The lowest BCUT2D eigenvalue weighted by atomic mass is 9.71. The van der Waals surface area contributed by atoms with E-state index >= 15 is 0 Å². The van der Waals surface area contributed by atoms with Crippen molar-refractivity contribution in [1.29, 1.82) is 0 Å². The van der Waals surface area contributed by atoms with E-state index in [-0.39, 0.29) is 0 Å². The van der Waals surface area contributed by atoms with Gasteiger partial charge in [0.2, 0.25) is 0 Å². The zero-order valence-corrected chi connectivity index (χ0v) is 12.3. The van der Waals surface area contributed by atoms with Crippen LogP contribution in [0.25, 0.3) is 5.69 Å². The summed E-state index contributed by atoms with van der Waals surface area (Å²) in [4.78, 5) is 0. The largest absolute Gasteiger partial charge is 0.382 e. The molecule has 0 bridgehead atoms. The average molecular weight is 269 g/mol. The molecule has 1 unspecified atom stereocenters. The number of benzene rings is 1. The fraction of sp³-hybridized carbons (Fsp3) is 0.471. The van der Waals surface area contributed by atoms with E-state index in [4.69, 9.17) is 5.73 Å². The van der Waals surface area contributed by atoms with Crippen LogP contribution in [0.2, 0.25) is 0 Å². The van der Waals surface area contributed by atoms with Gasteiger partial charge in [-0.2, -0.15) is 5.10 Å². The van der Waals surface area contributed by atoms with Crippen LogP contribution in [0, 0.1) is 5.41 Å². The van der Waals surface area contributed by atoms with E-state index in [1.807, 2.05) is 22.9 Å². The second kappa shape index (κ2) is 4.97. The first-order chi connectivity index (χ1) is 9.55. The van der Waals surface area contributed by atoms with Crippen LogP contribution in [0.15, 0.2) is 36.4 Å². The number of nitrogens with two attached hydrogens (primary N) is 1. The number of hydrogen-bond donors (Lipinski definition) is 1. The van der Waals surface area contributed by atoms with Gasteiger partial charge in [-0.15, -0.1) is 0 Å². The summed E-state index contributed by atoms with van der Waals surface area (Å²) in [6.45, 7) is 4.73. The fourth-order valence-electron chi connectivity index (χ4n) is 3.43. The molecule has 0 radical (unpaired) electrons. The quantitative estimate of drug-likeness (QED) is 0.890. The van der Waals surface area contributed by atoms with Crippen LogP contribution in [-0.2, 0) is 0 Å². The molecular formula is C17H23N3. The number of nitrogens with zero attached hydrogens (tertiary/aromatic N) is 2. The van der Waals surface area contributed by atoms with Gasteiger partial charge in [-0.25, -0.2) is 4.68 Å².